The molecule has 3 nitrogen and oxygen atoms in total. The lowest BCUT2D eigenvalue weighted by molar-refractivity contribution is 0.296. The van der Waals surface area contributed by atoms with E-state index in [4.69, 9.17) is 16.3 Å². The third-order valence-corrected chi connectivity index (χ3v) is 5.30. The first kappa shape index (κ1) is 19.4. The number of hydrogen-bond acceptors (Lipinski definition) is 3. The van der Waals surface area contributed by atoms with Gasteiger partial charge in [-0.15, -0.1) is 0 Å². The summed E-state index contributed by atoms with van der Waals surface area (Å²) in [5.74, 6) is 1.71. The quantitative estimate of drug-likeness (QED) is 0.436. The summed E-state index contributed by atoms with van der Waals surface area (Å²) >= 11 is 9.55. The van der Waals surface area contributed by atoms with Crippen LogP contribution in [-0.2, 0) is 0 Å². The van der Waals surface area contributed by atoms with Crippen LogP contribution < -0.4 is 15.4 Å². The molecule has 2 aromatic carbocycles. The van der Waals surface area contributed by atoms with Gasteiger partial charge in [0.05, 0.1) is 6.61 Å². The molecule has 1 aliphatic heterocycles. The predicted molar refractivity (Wildman–Crippen MR) is 114 cm³/mol. The van der Waals surface area contributed by atoms with E-state index in [1.165, 1.54) is 0 Å². The van der Waals surface area contributed by atoms with Crippen molar-refractivity contribution in [2.24, 2.45) is 5.92 Å². The summed E-state index contributed by atoms with van der Waals surface area (Å²) in [6, 6.07) is 13.9. The molecule has 0 saturated carbocycles. The zero-order valence-electron chi connectivity index (χ0n) is 14.7. The molecular formula is C21H24BrClN2O. The first-order chi connectivity index (χ1) is 12.7. The molecule has 2 N–H and O–H groups in total. The van der Waals surface area contributed by atoms with Crippen LogP contribution in [0.25, 0.3) is 12.2 Å². The third kappa shape index (κ3) is 5.85. The molecule has 0 bridgehead atoms. The first-order valence-corrected chi connectivity index (χ1v) is 10.2. The van der Waals surface area contributed by atoms with Crippen LogP contribution in [0.2, 0.25) is 5.02 Å². The molecule has 0 unspecified atom stereocenters. The summed E-state index contributed by atoms with van der Waals surface area (Å²) in [7, 11) is 0. The molecule has 1 fully saturated rings. The lowest BCUT2D eigenvalue weighted by Gasteiger charge is -2.27. The maximum Gasteiger partial charge on any atom is 0.126 e. The van der Waals surface area contributed by atoms with Crippen LogP contribution >= 0.6 is 27.5 Å². The molecule has 2 aromatic rings. The van der Waals surface area contributed by atoms with Crippen molar-refractivity contribution in [2.75, 3.05) is 32.8 Å². The van der Waals surface area contributed by atoms with Crippen LogP contribution in [0.1, 0.15) is 17.5 Å². The Morgan fingerprint density at radius 2 is 1.96 bits per heavy atom. The van der Waals surface area contributed by atoms with Gasteiger partial charge in [-0.3, -0.25) is 0 Å². The minimum absolute atomic E-state index is 0.714. The van der Waals surface area contributed by atoms with Crippen molar-refractivity contribution < 1.29 is 4.74 Å². The van der Waals surface area contributed by atoms with Crippen LogP contribution in [0.3, 0.4) is 0 Å². The normalized spacial score (nSPS) is 14.5. The molecule has 5 heteroatoms. The number of para-hydroxylation sites is 1. The maximum atomic E-state index is 6.00. The van der Waals surface area contributed by atoms with E-state index in [9.17, 15) is 0 Å². The molecular weight excluding hydrogens is 412 g/mol. The summed E-state index contributed by atoms with van der Waals surface area (Å²) in [6.07, 6.45) is 5.14. The van der Waals surface area contributed by atoms with Crippen molar-refractivity contribution in [3.8, 4) is 5.75 Å². The fraction of sp³-hybridized carbons (Fsp3) is 0.333. The van der Waals surface area contributed by atoms with Crippen molar-refractivity contribution in [2.45, 2.75) is 6.42 Å². The Labute approximate surface area is 168 Å². The molecule has 0 atom stereocenters. The zero-order chi connectivity index (χ0) is 18.2. The molecule has 1 saturated heterocycles. The number of nitrogens with one attached hydrogen (secondary N) is 2. The topological polar surface area (TPSA) is 33.3 Å². The van der Waals surface area contributed by atoms with Crippen molar-refractivity contribution >= 4 is 39.7 Å². The van der Waals surface area contributed by atoms with E-state index < -0.39 is 0 Å². The van der Waals surface area contributed by atoms with Crippen molar-refractivity contribution in [3.63, 3.8) is 0 Å². The number of hydrogen-bond donors (Lipinski definition) is 2. The van der Waals surface area contributed by atoms with Crippen LogP contribution in [0.5, 0.6) is 5.75 Å². The molecule has 0 amide bonds. The molecule has 26 heavy (non-hydrogen) atoms. The van der Waals surface area contributed by atoms with Gasteiger partial charge in [0.2, 0.25) is 0 Å². The van der Waals surface area contributed by atoms with Gasteiger partial charge in [-0.2, -0.15) is 0 Å². The van der Waals surface area contributed by atoms with E-state index in [1.54, 1.807) is 0 Å². The van der Waals surface area contributed by atoms with Crippen LogP contribution in [-0.4, -0.2) is 32.8 Å². The Morgan fingerprint density at radius 3 is 2.73 bits per heavy atom. The first-order valence-electron chi connectivity index (χ1n) is 8.99. The second kappa shape index (κ2) is 10.1. The highest BCUT2D eigenvalue weighted by atomic mass is 79.9. The highest BCUT2D eigenvalue weighted by molar-refractivity contribution is 9.10. The minimum atomic E-state index is 0.714. The molecule has 0 aliphatic carbocycles. The second-order valence-electron chi connectivity index (χ2n) is 6.47. The molecule has 138 valence electrons. The third-order valence-electron chi connectivity index (χ3n) is 4.38. The Kier molecular flexibility index (Phi) is 7.56. The van der Waals surface area contributed by atoms with E-state index in [0.717, 1.165) is 64.9 Å². The number of rotatable bonds is 9. The summed E-state index contributed by atoms with van der Waals surface area (Å²) in [6.45, 7) is 5.10. The molecule has 3 rings (SSSR count). The van der Waals surface area contributed by atoms with Gasteiger partial charge >= 0.3 is 0 Å². The predicted octanol–water partition coefficient (Wildman–Crippen LogP) is 4.85. The van der Waals surface area contributed by atoms with Gasteiger partial charge in [0, 0.05) is 34.7 Å². The second-order valence-corrected chi connectivity index (χ2v) is 7.76. The monoisotopic (exact) mass is 434 g/mol. The van der Waals surface area contributed by atoms with Gasteiger partial charge in [0.1, 0.15) is 5.75 Å². The summed E-state index contributed by atoms with van der Waals surface area (Å²) < 4.78 is 6.96. The largest absolute Gasteiger partial charge is 0.493 e. The van der Waals surface area contributed by atoms with E-state index in [2.05, 4.69) is 44.8 Å². The van der Waals surface area contributed by atoms with Crippen molar-refractivity contribution in [1.82, 2.24) is 10.6 Å². The van der Waals surface area contributed by atoms with Crippen molar-refractivity contribution in [3.05, 3.63) is 63.1 Å². The van der Waals surface area contributed by atoms with Crippen LogP contribution in [0, 0.1) is 5.92 Å². The highest BCUT2D eigenvalue weighted by Crippen LogP contribution is 2.25. The summed E-state index contributed by atoms with van der Waals surface area (Å²) in [5.41, 5.74) is 2.15. The zero-order valence-corrected chi connectivity index (χ0v) is 17.0. The van der Waals surface area contributed by atoms with Gasteiger partial charge in [-0.05, 0) is 42.6 Å². The molecule has 0 spiro atoms. The smallest absolute Gasteiger partial charge is 0.126 e. The summed E-state index contributed by atoms with van der Waals surface area (Å²) in [5, 5.41) is 7.51. The molecule has 1 heterocycles. The van der Waals surface area contributed by atoms with Gasteiger partial charge in [0.25, 0.3) is 0 Å². The lowest BCUT2D eigenvalue weighted by atomic mass is 10.0. The average molecular weight is 436 g/mol. The van der Waals surface area contributed by atoms with Gasteiger partial charge < -0.3 is 15.4 Å². The Hall–Kier alpha value is -1.33. The maximum absolute atomic E-state index is 6.00. The lowest BCUT2D eigenvalue weighted by Crippen LogP contribution is -2.47. The van der Waals surface area contributed by atoms with Gasteiger partial charge in [-0.1, -0.05) is 63.9 Å². The average Bonchev–Trinajstić information content (AvgIpc) is 2.59. The summed E-state index contributed by atoms with van der Waals surface area (Å²) in [4.78, 5) is 0. The fourth-order valence-corrected chi connectivity index (χ4v) is 3.56. The minimum Gasteiger partial charge on any atom is -0.493 e. The fourth-order valence-electron chi connectivity index (χ4n) is 2.74. The Bertz CT molecular complexity index is 747. The Morgan fingerprint density at radius 1 is 1.15 bits per heavy atom. The highest BCUT2D eigenvalue weighted by Gasteiger charge is 2.15. The van der Waals surface area contributed by atoms with E-state index in [0.29, 0.717) is 6.61 Å². The van der Waals surface area contributed by atoms with E-state index in [-0.39, 0.29) is 0 Å². The van der Waals surface area contributed by atoms with E-state index in [1.807, 2.05) is 36.4 Å². The van der Waals surface area contributed by atoms with Crippen molar-refractivity contribution in [1.29, 1.82) is 0 Å². The number of ether oxygens (including phenoxy) is 1. The van der Waals surface area contributed by atoms with Crippen LogP contribution in [0.15, 0.2) is 46.9 Å². The van der Waals surface area contributed by atoms with Gasteiger partial charge in [0.15, 0.2) is 0 Å². The van der Waals surface area contributed by atoms with Gasteiger partial charge in [-0.25, -0.2) is 0 Å². The Balaban J connectivity index is 1.49. The number of benzene rings is 2. The van der Waals surface area contributed by atoms with E-state index >= 15 is 0 Å². The SMILES string of the molecule is Clc1ccc(/C=C/c2ccccc2OCCCNCC2CNC2)c(Br)c1. The van der Waals surface area contributed by atoms with Crippen LogP contribution in [0.4, 0.5) is 0 Å². The molecule has 0 aromatic heterocycles. The standard InChI is InChI=1S/C21H24BrClN2O/c22-20-12-19(23)9-8-17(20)6-7-18-4-1-2-5-21(18)26-11-3-10-24-13-16-14-25-15-16/h1-2,4-9,12,16,24-25H,3,10-11,13-15H2/b7-6+. The molecule has 1 aliphatic rings. The molecule has 0 radical (unpaired) electrons. The number of halogens is 2.